The number of ether oxygens (including phenoxy) is 1. The Hall–Kier alpha value is -4.47. The van der Waals surface area contributed by atoms with Crippen molar-refractivity contribution in [2.45, 2.75) is 6.42 Å². The molecule has 0 aliphatic rings. The number of carbonyl (C=O) groups is 1. The highest BCUT2D eigenvalue weighted by atomic mass is 32.1. The van der Waals surface area contributed by atoms with Gasteiger partial charge in [-0.3, -0.25) is 0 Å². The van der Waals surface area contributed by atoms with Crippen molar-refractivity contribution in [3.8, 4) is 17.4 Å². The van der Waals surface area contributed by atoms with E-state index in [4.69, 9.17) is 9.15 Å². The van der Waals surface area contributed by atoms with Crippen LogP contribution in [0.25, 0.3) is 33.2 Å². The monoisotopic (exact) mass is 476 g/mol. The molecule has 5 aromatic rings. The van der Waals surface area contributed by atoms with E-state index in [1.54, 1.807) is 18.2 Å². The zero-order chi connectivity index (χ0) is 24.0. The van der Waals surface area contributed by atoms with Crippen LogP contribution >= 0.6 is 11.3 Å². The fourth-order valence-electron chi connectivity index (χ4n) is 3.62. The van der Waals surface area contributed by atoms with Gasteiger partial charge in [0.25, 0.3) is 0 Å². The molecule has 5 rings (SSSR count). The molecule has 3 aromatic carbocycles. The Morgan fingerprint density at radius 2 is 1.74 bits per heavy atom. The lowest BCUT2D eigenvalue weighted by molar-refractivity contribution is 0.0509. The first-order valence-electron chi connectivity index (χ1n) is 11.1. The first kappa shape index (κ1) is 22.3. The summed E-state index contributed by atoms with van der Waals surface area (Å²) >= 11 is 1.47. The third-order valence-corrected chi connectivity index (χ3v) is 6.50. The number of fused-ring (bicyclic) bond motifs is 1. The summed E-state index contributed by atoms with van der Waals surface area (Å²) in [5.41, 5.74) is 3.74. The van der Waals surface area contributed by atoms with Crippen molar-refractivity contribution in [1.82, 2.24) is 4.98 Å². The molecular weight excluding hydrogens is 456 g/mol. The van der Waals surface area contributed by atoms with E-state index in [0.29, 0.717) is 40.7 Å². The van der Waals surface area contributed by atoms with Crippen LogP contribution in [0.3, 0.4) is 0 Å². The highest BCUT2D eigenvalue weighted by molar-refractivity contribution is 7.19. The van der Waals surface area contributed by atoms with Crippen molar-refractivity contribution in [3.63, 3.8) is 0 Å². The Labute approximate surface area is 206 Å². The van der Waals surface area contributed by atoms with E-state index in [1.807, 2.05) is 78.9 Å². The number of allylic oxidation sites excluding steroid dienone is 1. The average molecular weight is 477 g/mol. The lowest BCUT2D eigenvalue weighted by Crippen LogP contribution is -2.08. The number of carbonyl (C=O) groups excluding carboxylic acids is 1. The van der Waals surface area contributed by atoms with Crippen LogP contribution in [-0.4, -0.2) is 17.6 Å². The van der Waals surface area contributed by atoms with E-state index in [0.717, 1.165) is 21.3 Å². The molecule has 0 fully saturated rings. The molecular formula is C29H20N2O3S. The van der Waals surface area contributed by atoms with Crippen LogP contribution in [0, 0.1) is 11.3 Å². The molecule has 2 aromatic heterocycles. The van der Waals surface area contributed by atoms with Crippen molar-refractivity contribution in [3.05, 3.63) is 113 Å². The maximum absolute atomic E-state index is 12.4. The number of hydrogen-bond donors (Lipinski definition) is 0. The minimum atomic E-state index is -0.356. The summed E-state index contributed by atoms with van der Waals surface area (Å²) in [5.74, 6) is 0.840. The molecule has 35 heavy (non-hydrogen) atoms. The number of esters is 1. The molecule has 0 radical (unpaired) electrons. The van der Waals surface area contributed by atoms with Crippen LogP contribution in [-0.2, 0) is 11.2 Å². The zero-order valence-corrected chi connectivity index (χ0v) is 19.5. The van der Waals surface area contributed by atoms with Gasteiger partial charge in [-0.05, 0) is 42.0 Å². The highest BCUT2D eigenvalue weighted by Gasteiger charge is 2.12. The number of aromatic nitrogens is 1. The van der Waals surface area contributed by atoms with Crippen LogP contribution in [0.1, 0.15) is 26.7 Å². The second-order valence-corrected chi connectivity index (χ2v) is 8.84. The highest BCUT2D eigenvalue weighted by Crippen LogP contribution is 2.29. The van der Waals surface area contributed by atoms with Gasteiger partial charge >= 0.3 is 5.97 Å². The predicted octanol–water partition coefficient (Wildman–Crippen LogP) is 7.02. The lowest BCUT2D eigenvalue weighted by Gasteiger charge is -2.05. The number of furan rings is 1. The summed E-state index contributed by atoms with van der Waals surface area (Å²) < 4.78 is 12.4. The van der Waals surface area contributed by atoms with E-state index < -0.39 is 0 Å². The molecule has 0 atom stereocenters. The molecule has 0 N–H and O–H groups in total. The van der Waals surface area contributed by atoms with Gasteiger partial charge in [0.15, 0.2) is 0 Å². The first-order valence-corrected chi connectivity index (χ1v) is 11.9. The number of rotatable bonds is 7. The smallest absolute Gasteiger partial charge is 0.338 e. The number of hydrogen-bond acceptors (Lipinski definition) is 6. The molecule has 0 spiro atoms. The van der Waals surface area contributed by atoms with Crippen molar-refractivity contribution < 1.29 is 13.9 Å². The molecule has 5 nitrogen and oxygen atoms in total. The third kappa shape index (κ3) is 5.21. The zero-order valence-electron chi connectivity index (χ0n) is 18.7. The summed E-state index contributed by atoms with van der Waals surface area (Å²) in [4.78, 5) is 16.9. The van der Waals surface area contributed by atoms with Crippen molar-refractivity contribution >= 4 is 39.2 Å². The van der Waals surface area contributed by atoms with Gasteiger partial charge in [-0.2, -0.15) is 5.26 Å². The van der Waals surface area contributed by atoms with Gasteiger partial charge in [-0.15, -0.1) is 11.3 Å². The summed E-state index contributed by atoms with van der Waals surface area (Å²) in [7, 11) is 0. The largest absolute Gasteiger partial charge is 0.462 e. The van der Waals surface area contributed by atoms with Gasteiger partial charge in [0.05, 0.1) is 28.0 Å². The van der Waals surface area contributed by atoms with E-state index in [2.05, 4.69) is 11.1 Å². The molecule has 0 aliphatic heterocycles. The van der Waals surface area contributed by atoms with E-state index in [1.165, 1.54) is 11.3 Å². The maximum Gasteiger partial charge on any atom is 0.338 e. The van der Waals surface area contributed by atoms with Gasteiger partial charge in [0, 0.05) is 18.1 Å². The van der Waals surface area contributed by atoms with Crippen LogP contribution in [0.15, 0.2) is 95.4 Å². The summed E-state index contributed by atoms with van der Waals surface area (Å²) in [6.45, 7) is 0.328. The normalized spacial score (nSPS) is 11.3. The average Bonchev–Trinajstić information content (AvgIpc) is 3.55. The van der Waals surface area contributed by atoms with Crippen LogP contribution in [0.2, 0.25) is 0 Å². The van der Waals surface area contributed by atoms with Crippen LogP contribution in [0.4, 0.5) is 0 Å². The van der Waals surface area contributed by atoms with Crippen LogP contribution in [0.5, 0.6) is 0 Å². The Balaban J connectivity index is 1.26. The fraction of sp³-hybridized carbons (Fsp3) is 0.0690. The number of benzene rings is 3. The molecule has 0 amide bonds. The number of nitriles is 1. The molecule has 170 valence electrons. The van der Waals surface area contributed by atoms with Gasteiger partial charge in [-0.25, -0.2) is 9.78 Å². The van der Waals surface area contributed by atoms with Crippen molar-refractivity contribution in [1.29, 1.82) is 5.26 Å². The molecule has 2 heterocycles. The van der Waals surface area contributed by atoms with E-state index in [9.17, 15) is 10.1 Å². The number of nitrogens with zero attached hydrogens (tertiary/aromatic N) is 2. The van der Waals surface area contributed by atoms with Gasteiger partial charge in [-0.1, -0.05) is 54.6 Å². The molecule has 0 saturated heterocycles. The third-order valence-electron chi connectivity index (χ3n) is 5.43. The Morgan fingerprint density at radius 1 is 0.971 bits per heavy atom. The summed E-state index contributed by atoms with van der Waals surface area (Å²) in [6, 6.07) is 30.7. The molecule has 0 bridgehead atoms. The van der Waals surface area contributed by atoms with Gasteiger partial charge in [0.2, 0.25) is 0 Å². The standard InChI is InChI=1S/C29H20N2O3S/c30-19-23(28-31-25-8-4-5-9-27(25)35-28)18-24-14-15-26(34-24)21-10-12-22(13-11-21)29(32)33-17-16-20-6-2-1-3-7-20/h1-15,18H,16-17H2. The van der Waals surface area contributed by atoms with E-state index >= 15 is 0 Å². The second-order valence-electron chi connectivity index (χ2n) is 7.81. The molecule has 0 saturated carbocycles. The minimum absolute atomic E-state index is 0.328. The Bertz CT molecular complexity index is 1510. The quantitative estimate of drug-likeness (QED) is 0.186. The van der Waals surface area contributed by atoms with Gasteiger partial charge < -0.3 is 9.15 Å². The Kier molecular flexibility index (Phi) is 6.51. The molecule has 0 aliphatic carbocycles. The summed E-state index contributed by atoms with van der Waals surface area (Å²) in [5, 5.41) is 10.3. The van der Waals surface area contributed by atoms with Crippen LogP contribution < -0.4 is 0 Å². The van der Waals surface area contributed by atoms with Gasteiger partial charge in [0.1, 0.15) is 22.6 Å². The second kappa shape index (κ2) is 10.2. The lowest BCUT2D eigenvalue weighted by atomic mass is 10.1. The number of thiazole rings is 1. The topological polar surface area (TPSA) is 76.1 Å². The summed E-state index contributed by atoms with van der Waals surface area (Å²) in [6.07, 6.45) is 2.37. The van der Waals surface area contributed by atoms with Crippen molar-refractivity contribution in [2.75, 3.05) is 6.61 Å². The molecule has 0 unspecified atom stereocenters. The number of para-hydroxylation sites is 1. The minimum Gasteiger partial charge on any atom is -0.462 e. The predicted molar refractivity (Wildman–Crippen MR) is 138 cm³/mol. The first-order chi connectivity index (χ1) is 17.2. The maximum atomic E-state index is 12.4. The fourth-order valence-corrected chi connectivity index (χ4v) is 4.55. The Morgan fingerprint density at radius 3 is 2.51 bits per heavy atom. The SMILES string of the molecule is N#CC(=Cc1ccc(-c2ccc(C(=O)OCCc3ccccc3)cc2)o1)c1nc2ccccc2s1. The van der Waals surface area contributed by atoms with E-state index in [-0.39, 0.29) is 5.97 Å². The molecule has 6 heteroatoms. The van der Waals surface area contributed by atoms with Crippen molar-refractivity contribution in [2.24, 2.45) is 0 Å².